The van der Waals surface area contributed by atoms with Gasteiger partial charge in [0.15, 0.2) is 0 Å². The highest BCUT2D eigenvalue weighted by Crippen LogP contribution is 2.22. The zero-order valence-electron chi connectivity index (χ0n) is 20.1. The molecule has 8 nitrogen and oxygen atoms in total. The van der Waals surface area contributed by atoms with Crippen molar-refractivity contribution in [2.45, 2.75) is 66.5 Å². The molecule has 2 N–H and O–H groups in total. The number of amides is 2. The molecular formula is C24H40N2O6. The van der Waals surface area contributed by atoms with Crippen molar-refractivity contribution in [3.05, 3.63) is 34.4 Å². The quantitative estimate of drug-likeness (QED) is 0.367. The standard InChI is InChI=1S/C24H40N2O6/c1-5-13-29-15-11-19-9-10-20(17-25-23(27)31-7-3)22(18-26-24(28)32-8-4)21(19)12-16-30-14-6-2/h9-10H,5-8,11-18H2,1-4H3,(H,25,27)(H,26,28). The molecule has 0 bridgehead atoms. The van der Waals surface area contributed by atoms with Crippen LogP contribution >= 0.6 is 0 Å². The molecule has 0 unspecified atom stereocenters. The number of alkyl carbamates (subject to hydrolysis) is 2. The number of carbonyl (C=O) groups excluding carboxylic acids is 2. The monoisotopic (exact) mass is 452 g/mol. The predicted molar refractivity (Wildman–Crippen MR) is 124 cm³/mol. The molecule has 0 heterocycles. The second-order valence-electron chi connectivity index (χ2n) is 7.21. The number of hydrogen-bond acceptors (Lipinski definition) is 6. The summed E-state index contributed by atoms with van der Waals surface area (Å²) in [7, 11) is 0. The molecule has 0 saturated carbocycles. The lowest BCUT2D eigenvalue weighted by molar-refractivity contribution is 0.134. The average molecular weight is 453 g/mol. The van der Waals surface area contributed by atoms with Gasteiger partial charge in [-0.25, -0.2) is 9.59 Å². The van der Waals surface area contributed by atoms with Crippen LogP contribution in [-0.4, -0.2) is 51.8 Å². The summed E-state index contributed by atoms with van der Waals surface area (Å²) in [4.78, 5) is 23.8. The maximum Gasteiger partial charge on any atom is 0.407 e. The van der Waals surface area contributed by atoms with Gasteiger partial charge < -0.3 is 29.6 Å². The van der Waals surface area contributed by atoms with Crippen LogP contribution in [0.3, 0.4) is 0 Å². The van der Waals surface area contributed by atoms with Crippen LogP contribution in [0.15, 0.2) is 12.1 Å². The highest BCUT2D eigenvalue weighted by atomic mass is 16.6. The van der Waals surface area contributed by atoms with E-state index in [1.54, 1.807) is 13.8 Å². The van der Waals surface area contributed by atoms with Gasteiger partial charge in [-0.3, -0.25) is 0 Å². The smallest absolute Gasteiger partial charge is 0.407 e. The SMILES string of the molecule is CCCOCCc1ccc(CNC(=O)OCC)c(CNC(=O)OCC)c1CCOCCC. The molecule has 0 aliphatic carbocycles. The molecule has 1 aromatic rings. The van der Waals surface area contributed by atoms with Gasteiger partial charge >= 0.3 is 12.2 Å². The van der Waals surface area contributed by atoms with Crippen molar-refractivity contribution in [2.75, 3.05) is 39.6 Å². The van der Waals surface area contributed by atoms with Crippen molar-refractivity contribution in [2.24, 2.45) is 0 Å². The van der Waals surface area contributed by atoms with Crippen LogP contribution in [0.25, 0.3) is 0 Å². The van der Waals surface area contributed by atoms with Crippen LogP contribution in [-0.2, 0) is 44.9 Å². The van der Waals surface area contributed by atoms with Crippen molar-refractivity contribution in [3.63, 3.8) is 0 Å². The Balaban J connectivity index is 3.14. The minimum atomic E-state index is -0.471. The maximum absolute atomic E-state index is 12.0. The van der Waals surface area contributed by atoms with Crippen LogP contribution in [0, 0.1) is 0 Å². The molecule has 8 heteroatoms. The fourth-order valence-electron chi connectivity index (χ4n) is 3.26. The molecule has 0 fully saturated rings. The summed E-state index contributed by atoms with van der Waals surface area (Å²) >= 11 is 0. The topological polar surface area (TPSA) is 95.1 Å². The zero-order valence-corrected chi connectivity index (χ0v) is 20.1. The van der Waals surface area contributed by atoms with Gasteiger partial charge in [0.1, 0.15) is 0 Å². The molecule has 0 aliphatic heterocycles. The molecule has 0 saturated heterocycles. The van der Waals surface area contributed by atoms with E-state index in [4.69, 9.17) is 18.9 Å². The summed E-state index contributed by atoms with van der Waals surface area (Å²) in [6, 6.07) is 4.06. The number of hydrogen-bond donors (Lipinski definition) is 2. The molecule has 0 spiro atoms. The molecule has 182 valence electrons. The van der Waals surface area contributed by atoms with Crippen molar-refractivity contribution in [3.8, 4) is 0 Å². The molecule has 0 radical (unpaired) electrons. The molecule has 1 aromatic carbocycles. The number of benzene rings is 1. The van der Waals surface area contributed by atoms with Crippen LogP contribution in [0.2, 0.25) is 0 Å². The Morgan fingerprint density at radius 3 is 1.78 bits per heavy atom. The van der Waals surface area contributed by atoms with E-state index in [-0.39, 0.29) is 0 Å². The van der Waals surface area contributed by atoms with Gasteiger partial charge in [0.2, 0.25) is 0 Å². The largest absolute Gasteiger partial charge is 0.450 e. The first-order valence-electron chi connectivity index (χ1n) is 11.7. The molecule has 1 rings (SSSR count). The normalized spacial score (nSPS) is 10.6. The van der Waals surface area contributed by atoms with E-state index in [9.17, 15) is 9.59 Å². The van der Waals surface area contributed by atoms with Crippen molar-refractivity contribution in [1.82, 2.24) is 10.6 Å². The van der Waals surface area contributed by atoms with Crippen LogP contribution < -0.4 is 10.6 Å². The van der Waals surface area contributed by atoms with E-state index >= 15 is 0 Å². The lowest BCUT2D eigenvalue weighted by Gasteiger charge is -2.20. The lowest BCUT2D eigenvalue weighted by Crippen LogP contribution is -2.28. The molecule has 0 atom stereocenters. The zero-order chi connectivity index (χ0) is 23.6. The van der Waals surface area contributed by atoms with E-state index in [0.717, 1.165) is 48.1 Å². The summed E-state index contributed by atoms with van der Waals surface area (Å²) in [5.74, 6) is 0. The minimum Gasteiger partial charge on any atom is -0.450 e. The number of rotatable bonds is 16. The second kappa shape index (κ2) is 17.3. The first-order valence-corrected chi connectivity index (χ1v) is 11.7. The fourth-order valence-corrected chi connectivity index (χ4v) is 3.26. The first-order chi connectivity index (χ1) is 15.6. The Morgan fingerprint density at radius 2 is 1.22 bits per heavy atom. The van der Waals surface area contributed by atoms with Gasteiger partial charge in [0, 0.05) is 26.3 Å². The Morgan fingerprint density at radius 1 is 0.688 bits per heavy atom. The summed E-state index contributed by atoms with van der Waals surface area (Å²) < 4.78 is 21.4. The van der Waals surface area contributed by atoms with E-state index in [2.05, 4.69) is 30.5 Å². The highest BCUT2D eigenvalue weighted by Gasteiger charge is 2.16. The minimum absolute atomic E-state index is 0.297. The summed E-state index contributed by atoms with van der Waals surface area (Å²) in [6.45, 7) is 11.5. The molecule has 2 amide bonds. The van der Waals surface area contributed by atoms with E-state index in [1.165, 1.54) is 0 Å². The van der Waals surface area contributed by atoms with Crippen molar-refractivity contribution < 1.29 is 28.5 Å². The van der Waals surface area contributed by atoms with Gasteiger partial charge in [-0.05, 0) is 61.8 Å². The van der Waals surface area contributed by atoms with E-state index < -0.39 is 12.2 Å². The van der Waals surface area contributed by atoms with Gasteiger partial charge in [-0.15, -0.1) is 0 Å². The van der Waals surface area contributed by atoms with Gasteiger partial charge in [0.05, 0.1) is 26.4 Å². The van der Waals surface area contributed by atoms with Crippen LogP contribution in [0.5, 0.6) is 0 Å². The molecule has 32 heavy (non-hydrogen) atoms. The average Bonchev–Trinajstić information content (AvgIpc) is 2.78. The third-order valence-electron chi connectivity index (χ3n) is 4.72. The summed E-state index contributed by atoms with van der Waals surface area (Å²) in [5.41, 5.74) is 4.14. The second-order valence-corrected chi connectivity index (χ2v) is 7.21. The molecule has 0 aliphatic rings. The third kappa shape index (κ3) is 10.8. The fraction of sp³-hybridized carbons (Fsp3) is 0.667. The van der Waals surface area contributed by atoms with Crippen molar-refractivity contribution in [1.29, 1.82) is 0 Å². The first kappa shape index (κ1) is 27.7. The Hall–Kier alpha value is -2.32. The summed E-state index contributed by atoms with van der Waals surface area (Å²) in [5, 5.41) is 5.60. The number of nitrogens with one attached hydrogen (secondary N) is 2. The molecular weight excluding hydrogens is 412 g/mol. The van der Waals surface area contributed by atoms with Gasteiger partial charge in [0.25, 0.3) is 0 Å². The maximum atomic E-state index is 12.0. The number of carbonyl (C=O) groups is 2. The van der Waals surface area contributed by atoms with E-state index in [1.807, 2.05) is 6.07 Å². The third-order valence-corrected chi connectivity index (χ3v) is 4.72. The van der Waals surface area contributed by atoms with Crippen LogP contribution in [0.4, 0.5) is 9.59 Å². The molecule has 0 aromatic heterocycles. The van der Waals surface area contributed by atoms with Crippen molar-refractivity contribution >= 4 is 12.2 Å². The van der Waals surface area contributed by atoms with Crippen LogP contribution in [0.1, 0.15) is 62.8 Å². The van der Waals surface area contributed by atoms with Gasteiger partial charge in [-0.2, -0.15) is 0 Å². The van der Waals surface area contributed by atoms with Gasteiger partial charge in [-0.1, -0.05) is 26.0 Å². The predicted octanol–water partition coefficient (Wildman–Crippen LogP) is 4.12. The number of ether oxygens (including phenoxy) is 4. The summed E-state index contributed by atoms with van der Waals surface area (Å²) in [6.07, 6.45) is 2.46. The Kier molecular flexibility index (Phi) is 14.9. The Bertz CT molecular complexity index is 681. The highest BCUT2D eigenvalue weighted by molar-refractivity contribution is 5.68. The Labute approximate surface area is 192 Å². The lowest BCUT2D eigenvalue weighted by atomic mass is 9.92. The van der Waals surface area contributed by atoms with E-state index in [0.29, 0.717) is 52.5 Å².